The largest absolute Gasteiger partial charge is 0.506 e. The molecule has 0 saturated heterocycles. The Hall–Kier alpha value is -4.72. The molecule has 0 fully saturated rings. The fraction of sp³-hybridized carbons (Fsp3) is 0.111. The van der Waals surface area contributed by atoms with Crippen molar-refractivity contribution in [2.75, 3.05) is 10.2 Å². The van der Waals surface area contributed by atoms with Crippen LogP contribution in [0.5, 0.6) is 11.5 Å². The van der Waals surface area contributed by atoms with Crippen LogP contribution in [0.3, 0.4) is 0 Å². The van der Waals surface area contributed by atoms with Gasteiger partial charge in [-0.1, -0.05) is 54.6 Å². The molecule has 5 rings (SSSR count). The fourth-order valence-corrected chi connectivity index (χ4v) is 4.07. The number of fused-ring (bicyclic) bond motifs is 1. The van der Waals surface area contributed by atoms with E-state index in [0.717, 1.165) is 11.1 Å². The number of carbonyl (C=O) groups excluding carboxylic acids is 2. The lowest BCUT2D eigenvalue weighted by molar-refractivity contribution is -0.114. The van der Waals surface area contributed by atoms with Crippen molar-refractivity contribution in [2.24, 2.45) is 0 Å². The molecular formula is C27H24N4O4. The maximum Gasteiger partial charge on any atom is 0.335 e. The smallest absolute Gasteiger partial charge is 0.335 e. The average Bonchev–Trinajstić information content (AvgIpc) is 3.33. The second-order valence-electron chi connectivity index (χ2n) is 8.21. The summed E-state index contributed by atoms with van der Waals surface area (Å²) in [5, 5.41) is 16.2. The summed E-state index contributed by atoms with van der Waals surface area (Å²) in [7, 11) is 0. The number of amides is 3. The summed E-state index contributed by atoms with van der Waals surface area (Å²) in [6.07, 6.45) is 2.69. The normalized spacial score (nSPS) is 16.7. The molecule has 1 unspecified atom stereocenters. The Bertz CT molecular complexity index is 1340. The van der Waals surface area contributed by atoms with Gasteiger partial charge in [0.05, 0.1) is 11.4 Å². The Kier molecular flexibility index (Phi) is 5.85. The Labute approximate surface area is 202 Å². The van der Waals surface area contributed by atoms with E-state index < -0.39 is 18.1 Å². The van der Waals surface area contributed by atoms with Gasteiger partial charge in [0.25, 0.3) is 5.91 Å². The lowest BCUT2D eigenvalue weighted by atomic mass is 10.1. The molecule has 0 radical (unpaired) electrons. The van der Waals surface area contributed by atoms with E-state index in [0.29, 0.717) is 23.7 Å². The highest BCUT2D eigenvalue weighted by Gasteiger charge is 2.42. The number of phenolic OH excluding ortho intramolecular Hbond substituents is 1. The van der Waals surface area contributed by atoms with Crippen LogP contribution >= 0.6 is 0 Å². The van der Waals surface area contributed by atoms with Crippen molar-refractivity contribution in [3.63, 3.8) is 0 Å². The number of aromatic hydroxyl groups is 1. The molecule has 0 bridgehead atoms. The monoisotopic (exact) mass is 468 g/mol. The Balaban J connectivity index is 1.36. The minimum atomic E-state index is -0.491. The van der Waals surface area contributed by atoms with Crippen molar-refractivity contribution in [1.82, 2.24) is 10.2 Å². The second-order valence-corrected chi connectivity index (χ2v) is 8.21. The summed E-state index contributed by atoms with van der Waals surface area (Å²) in [5.74, 6) is 0.0238. The van der Waals surface area contributed by atoms with E-state index >= 15 is 0 Å². The van der Waals surface area contributed by atoms with Crippen LogP contribution in [-0.4, -0.2) is 28.1 Å². The van der Waals surface area contributed by atoms with Gasteiger partial charge in [0.1, 0.15) is 30.0 Å². The van der Waals surface area contributed by atoms with E-state index in [1.165, 1.54) is 22.1 Å². The topological polar surface area (TPSA) is 94.1 Å². The highest BCUT2D eigenvalue weighted by atomic mass is 16.5. The van der Waals surface area contributed by atoms with Gasteiger partial charge in [0.2, 0.25) is 0 Å². The van der Waals surface area contributed by atoms with Crippen LogP contribution < -0.4 is 20.3 Å². The molecule has 0 saturated carbocycles. The van der Waals surface area contributed by atoms with Crippen molar-refractivity contribution >= 4 is 23.3 Å². The van der Waals surface area contributed by atoms with Gasteiger partial charge >= 0.3 is 6.03 Å². The molecule has 2 aliphatic heterocycles. The van der Waals surface area contributed by atoms with Gasteiger partial charge in [0, 0.05) is 12.4 Å². The molecule has 3 aromatic rings. The summed E-state index contributed by atoms with van der Waals surface area (Å²) in [4.78, 5) is 29.4. The zero-order valence-electron chi connectivity index (χ0n) is 19.0. The van der Waals surface area contributed by atoms with Crippen molar-refractivity contribution in [1.29, 1.82) is 0 Å². The Morgan fingerprint density at radius 2 is 1.74 bits per heavy atom. The van der Waals surface area contributed by atoms with Gasteiger partial charge in [-0.3, -0.25) is 14.6 Å². The van der Waals surface area contributed by atoms with Gasteiger partial charge in [-0.2, -0.15) is 0 Å². The molecule has 35 heavy (non-hydrogen) atoms. The van der Waals surface area contributed by atoms with Gasteiger partial charge in [-0.15, -0.1) is 0 Å². The second kappa shape index (κ2) is 9.26. The number of urea groups is 1. The van der Waals surface area contributed by atoms with E-state index in [1.54, 1.807) is 42.6 Å². The molecule has 3 N–H and O–H groups in total. The van der Waals surface area contributed by atoms with E-state index in [9.17, 15) is 14.7 Å². The summed E-state index contributed by atoms with van der Waals surface area (Å²) in [6, 6.07) is 23.0. The SMILES string of the molecule is CC1=CN(c2ccccc2O)C(=O)N2C(C(=O)Nc3ccccc3OCc3ccccc3)=CNC12. The average molecular weight is 469 g/mol. The summed E-state index contributed by atoms with van der Waals surface area (Å²) in [5.41, 5.74) is 2.79. The molecular weight excluding hydrogens is 444 g/mol. The van der Waals surface area contributed by atoms with Gasteiger partial charge < -0.3 is 20.5 Å². The van der Waals surface area contributed by atoms with E-state index in [-0.39, 0.29) is 11.4 Å². The highest BCUT2D eigenvalue weighted by Crippen LogP contribution is 2.35. The summed E-state index contributed by atoms with van der Waals surface area (Å²) < 4.78 is 5.94. The lowest BCUT2D eigenvalue weighted by Gasteiger charge is -2.36. The number of phenols is 1. The number of nitrogens with one attached hydrogen (secondary N) is 2. The van der Waals surface area contributed by atoms with Crippen LogP contribution in [0.25, 0.3) is 0 Å². The zero-order chi connectivity index (χ0) is 24.4. The van der Waals surface area contributed by atoms with Crippen molar-refractivity contribution < 1.29 is 19.4 Å². The minimum Gasteiger partial charge on any atom is -0.506 e. The van der Waals surface area contributed by atoms with Crippen molar-refractivity contribution in [3.05, 3.63) is 108 Å². The Morgan fingerprint density at radius 1 is 1.03 bits per heavy atom. The van der Waals surface area contributed by atoms with Crippen LogP contribution in [0.1, 0.15) is 12.5 Å². The van der Waals surface area contributed by atoms with Crippen molar-refractivity contribution in [2.45, 2.75) is 19.7 Å². The maximum absolute atomic E-state index is 13.4. The number of ether oxygens (including phenoxy) is 1. The third-order valence-corrected chi connectivity index (χ3v) is 5.82. The molecule has 8 nitrogen and oxygen atoms in total. The molecule has 0 aromatic heterocycles. The number of rotatable bonds is 6. The number of hydrogen-bond acceptors (Lipinski definition) is 5. The number of carbonyl (C=O) groups is 2. The van der Waals surface area contributed by atoms with Gasteiger partial charge in [0.15, 0.2) is 0 Å². The maximum atomic E-state index is 13.4. The van der Waals surface area contributed by atoms with Gasteiger partial charge in [-0.25, -0.2) is 4.79 Å². The van der Waals surface area contributed by atoms with Crippen LogP contribution in [0, 0.1) is 0 Å². The van der Waals surface area contributed by atoms with Crippen LogP contribution in [0.4, 0.5) is 16.2 Å². The zero-order valence-corrected chi connectivity index (χ0v) is 19.0. The van der Waals surface area contributed by atoms with Gasteiger partial charge in [-0.05, 0) is 42.3 Å². The minimum absolute atomic E-state index is 0.0324. The number of nitrogens with zero attached hydrogens (tertiary/aromatic N) is 2. The quantitative estimate of drug-likeness (QED) is 0.494. The summed E-state index contributed by atoms with van der Waals surface area (Å²) >= 11 is 0. The van der Waals surface area contributed by atoms with Crippen LogP contribution in [0.15, 0.2) is 103 Å². The molecule has 8 heteroatoms. The number of anilines is 2. The first-order valence-corrected chi connectivity index (χ1v) is 11.1. The van der Waals surface area contributed by atoms with Crippen LogP contribution in [-0.2, 0) is 11.4 Å². The van der Waals surface area contributed by atoms with E-state index in [2.05, 4.69) is 10.6 Å². The predicted molar refractivity (Wildman–Crippen MR) is 132 cm³/mol. The molecule has 2 heterocycles. The first kappa shape index (κ1) is 22.1. The number of para-hydroxylation sites is 4. The first-order valence-electron chi connectivity index (χ1n) is 11.1. The molecule has 1 atom stereocenters. The number of hydrogen-bond donors (Lipinski definition) is 3. The lowest BCUT2D eigenvalue weighted by Crippen LogP contribution is -2.52. The predicted octanol–water partition coefficient (Wildman–Crippen LogP) is 4.53. The van der Waals surface area contributed by atoms with Crippen molar-refractivity contribution in [3.8, 4) is 11.5 Å². The molecule has 3 amide bonds. The standard InChI is InChI=1S/C27H24N4O4/c1-18-16-30(21-12-6-7-13-23(21)32)27(34)31-22(15-28-25(18)31)26(33)29-20-11-5-8-14-24(20)35-17-19-9-3-2-4-10-19/h2-16,25,28,32H,17H2,1H3,(H,29,33). The number of benzene rings is 3. The molecule has 176 valence electrons. The first-order chi connectivity index (χ1) is 17.0. The molecule has 3 aromatic carbocycles. The molecule has 0 spiro atoms. The third kappa shape index (κ3) is 4.29. The Morgan fingerprint density at radius 3 is 2.54 bits per heavy atom. The third-order valence-electron chi connectivity index (χ3n) is 5.82. The molecule has 0 aliphatic carbocycles. The van der Waals surface area contributed by atoms with E-state index in [1.807, 2.05) is 43.3 Å². The molecule has 2 aliphatic rings. The highest BCUT2D eigenvalue weighted by molar-refractivity contribution is 6.09. The van der Waals surface area contributed by atoms with Crippen LogP contribution in [0.2, 0.25) is 0 Å². The van der Waals surface area contributed by atoms with E-state index in [4.69, 9.17) is 4.74 Å². The summed E-state index contributed by atoms with van der Waals surface area (Å²) in [6.45, 7) is 2.20. The fourth-order valence-electron chi connectivity index (χ4n) is 4.07.